The van der Waals surface area contributed by atoms with Crippen LogP contribution in [0.15, 0.2) is 18.2 Å². The third-order valence-electron chi connectivity index (χ3n) is 4.32. The van der Waals surface area contributed by atoms with Crippen LogP contribution in [0, 0.1) is 0 Å². The van der Waals surface area contributed by atoms with Gasteiger partial charge in [0, 0.05) is 17.6 Å². The number of nitrogen functional groups attached to an aromatic ring is 1. The van der Waals surface area contributed by atoms with E-state index in [0.717, 1.165) is 12.8 Å². The molecule has 0 spiro atoms. The molecule has 2 rings (SSSR count). The molecule has 1 aliphatic rings. The van der Waals surface area contributed by atoms with Crippen LogP contribution in [0.25, 0.3) is 0 Å². The molecule has 3 N–H and O–H groups in total. The molecule has 1 fully saturated rings. The average molecular weight is 296 g/mol. The van der Waals surface area contributed by atoms with Gasteiger partial charge in [-0.2, -0.15) is 0 Å². The van der Waals surface area contributed by atoms with Crippen LogP contribution in [0.1, 0.15) is 36.0 Å². The van der Waals surface area contributed by atoms with Crippen molar-refractivity contribution >= 4 is 23.2 Å². The van der Waals surface area contributed by atoms with Crippen LogP contribution in [0.2, 0.25) is 5.02 Å². The van der Waals surface area contributed by atoms with E-state index in [4.69, 9.17) is 17.3 Å². The third kappa shape index (κ3) is 3.07. The molecule has 0 heterocycles. The molecular weight excluding hydrogens is 274 g/mol. The molecule has 1 aromatic carbocycles. The van der Waals surface area contributed by atoms with Gasteiger partial charge >= 0.3 is 0 Å². The zero-order chi connectivity index (χ0) is 14.8. The first-order valence-corrected chi connectivity index (χ1v) is 7.33. The van der Waals surface area contributed by atoms with Gasteiger partial charge in [-0.25, -0.2) is 0 Å². The Balaban J connectivity index is 2.02. The van der Waals surface area contributed by atoms with Crippen LogP contribution in [0.3, 0.4) is 0 Å². The van der Waals surface area contributed by atoms with Crippen LogP contribution < -0.4 is 11.1 Å². The van der Waals surface area contributed by atoms with Crippen molar-refractivity contribution in [3.63, 3.8) is 0 Å². The molecule has 4 nitrogen and oxygen atoms in total. The van der Waals surface area contributed by atoms with Crippen molar-refractivity contribution in [2.45, 2.75) is 31.2 Å². The minimum absolute atomic E-state index is 0.0909. The Labute approximate surface area is 125 Å². The summed E-state index contributed by atoms with van der Waals surface area (Å²) in [6.07, 6.45) is 4.70. The van der Waals surface area contributed by atoms with Crippen LogP contribution in [-0.4, -0.2) is 37.0 Å². The van der Waals surface area contributed by atoms with Crippen molar-refractivity contribution in [3.05, 3.63) is 28.8 Å². The summed E-state index contributed by atoms with van der Waals surface area (Å²) in [5.41, 5.74) is 6.81. The minimum atomic E-state index is -0.0958. The van der Waals surface area contributed by atoms with Crippen LogP contribution in [0.4, 0.5) is 5.69 Å². The van der Waals surface area contributed by atoms with E-state index in [1.54, 1.807) is 18.2 Å². The smallest absolute Gasteiger partial charge is 0.251 e. The highest BCUT2D eigenvalue weighted by Crippen LogP contribution is 2.33. The second-order valence-corrected chi connectivity index (χ2v) is 6.15. The molecule has 20 heavy (non-hydrogen) atoms. The van der Waals surface area contributed by atoms with Gasteiger partial charge in [-0.1, -0.05) is 24.4 Å². The molecule has 0 saturated heterocycles. The number of halogens is 1. The Hall–Kier alpha value is -1.26. The summed E-state index contributed by atoms with van der Waals surface area (Å²) in [4.78, 5) is 14.4. The second kappa shape index (κ2) is 6.02. The van der Waals surface area contributed by atoms with Gasteiger partial charge in [0.2, 0.25) is 0 Å². The Morgan fingerprint density at radius 1 is 1.40 bits per heavy atom. The molecule has 0 aromatic heterocycles. The number of hydrogen-bond acceptors (Lipinski definition) is 3. The van der Waals surface area contributed by atoms with E-state index < -0.39 is 0 Å². The number of benzene rings is 1. The number of nitrogens with two attached hydrogens (primary N) is 1. The molecule has 1 amide bonds. The third-order valence-corrected chi connectivity index (χ3v) is 4.66. The fourth-order valence-electron chi connectivity index (χ4n) is 2.85. The van der Waals surface area contributed by atoms with Gasteiger partial charge in [0.25, 0.3) is 5.91 Å². The lowest BCUT2D eigenvalue weighted by Gasteiger charge is -2.36. The molecule has 5 heteroatoms. The van der Waals surface area contributed by atoms with Gasteiger partial charge in [0.1, 0.15) is 0 Å². The predicted octanol–water partition coefficient (Wildman–Crippen LogP) is 2.53. The van der Waals surface area contributed by atoms with E-state index in [2.05, 4.69) is 24.3 Å². The van der Waals surface area contributed by atoms with Crippen LogP contribution in [0.5, 0.6) is 0 Å². The van der Waals surface area contributed by atoms with Crippen molar-refractivity contribution in [1.29, 1.82) is 0 Å². The first-order chi connectivity index (χ1) is 9.44. The highest BCUT2D eigenvalue weighted by Gasteiger charge is 2.36. The molecule has 0 atom stereocenters. The maximum atomic E-state index is 12.2. The Morgan fingerprint density at radius 3 is 2.60 bits per heavy atom. The molecule has 1 aromatic rings. The molecule has 0 bridgehead atoms. The first kappa shape index (κ1) is 15.1. The lowest BCUT2D eigenvalue weighted by molar-refractivity contribution is 0.0900. The summed E-state index contributed by atoms with van der Waals surface area (Å²) in [6.45, 7) is 0.668. The van der Waals surface area contributed by atoms with Crippen molar-refractivity contribution in [3.8, 4) is 0 Å². The minimum Gasteiger partial charge on any atom is -0.398 e. The van der Waals surface area contributed by atoms with E-state index in [9.17, 15) is 4.79 Å². The van der Waals surface area contributed by atoms with Crippen LogP contribution in [-0.2, 0) is 0 Å². The average Bonchev–Trinajstić information content (AvgIpc) is 2.89. The highest BCUT2D eigenvalue weighted by atomic mass is 35.5. The summed E-state index contributed by atoms with van der Waals surface area (Å²) >= 11 is 5.87. The summed E-state index contributed by atoms with van der Waals surface area (Å²) < 4.78 is 0. The number of carbonyl (C=O) groups is 1. The number of hydrogen-bond donors (Lipinski definition) is 2. The number of rotatable bonds is 4. The lowest BCUT2D eigenvalue weighted by atomic mass is 9.96. The Kier molecular flexibility index (Phi) is 4.55. The first-order valence-electron chi connectivity index (χ1n) is 6.95. The normalized spacial score (nSPS) is 17.4. The fourth-order valence-corrected chi connectivity index (χ4v) is 2.96. The van der Waals surface area contributed by atoms with Gasteiger partial charge in [0.05, 0.1) is 10.7 Å². The van der Waals surface area contributed by atoms with Crippen LogP contribution >= 0.6 is 11.6 Å². The maximum absolute atomic E-state index is 12.2. The van der Waals surface area contributed by atoms with Crippen molar-refractivity contribution in [2.24, 2.45) is 0 Å². The fraction of sp³-hybridized carbons (Fsp3) is 0.533. The van der Waals surface area contributed by atoms with Gasteiger partial charge in [-0.15, -0.1) is 0 Å². The van der Waals surface area contributed by atoms with E-state index >= 15 is 0 Å². The maximum Gasteiger partial charge on any atom is 0.251 e. The Morgan fingerprint density at radius 2 is 2.05 bits per heavy atom. The zero-order valence-corrected chi connectivity index (χ0v) is 12.8. The highest BCUT2D eigenvalue weighted by molar-refractivity contribution is 6.33. The van der Waals surface area contributed by atoms with Gasteiger partial charge in [-0.05, 0) is 45.1 Å². The Bertz CT molecular complexity index is 496. The van der Waals surface area contributed by atoms with E-state index in [-0.39, 0.29) is 11.4 Å². The topological polar surface area (TPSA) is 58.4 Å². The van der Waals surface area contributed by atoms with Crippen molar-refractivity contribution in [1.82, 2.24) is 10.2 Å². The van der Waals surface area contributed by atoms with E-state index in [1.807, 2.05) is 0 Å². The van der Waals surface area contributed by atoms with E-state index in [0.29, 0.717) is 22.8 Å². The number of amides is 1. The second-order valence-electron chi connectivity index (χ2n) is 5.74. The molecule has 0 radical (unpaired) electrons. The standard InChI is InChI=1S/C15H22ClN3O/c1-19(2)15(7-3-4-8-15)10-18-14(20)11-5-6-12(16)13(17)9-11/h5-6,9H,3-4,7-8,10,17H2,1-2H3,(H,18,20). The quantitative estimate of drug-likeness (QED) is 0.839. The molecule has 0 aliphatic heterocycles. The molecule has 1 aliphatic carbocycles. The van der Waals surface area contributed by atoms with Gasteiger partial charge in [-0.3, -0.25) is 4.79 Å². The zero-order valence-electron chi connectivity index (χ0n) is 12.1. The predicted molar refractivity (Wildman–Crippen MR) is 83.1 cm³/mol. The van der Waals surface area contributed by atoms with E-state index in [1.165, 1.54) is 12.8 Å². The molecular formula is C15H22ClN3O. The summed E-state index contributed by atoms with van der Waals surface area (Å²) in [7, 11) is 4.16. The molecule has 1 saturated carbocycles. The SMILES string of the molecule is CN(C)C1(CNC(=O)c2ccc(Cl)c(N)c2)CCCC1. The summed E-state index contributed by atoms with van der Waals surface area (Å²) in [5.74, 6) is -0.0958. The monoisotopic (exact) mass is 295 g/mol. The van der Waals surface area contributed by atoms with Crippen molar-refractivity contribution in [2.75, 3.05) is 26.4 Å². The van der Waals surface area contributed by atoms with Gasteiger partial charge < -0.3 is 16.0 Å². The largest absolute Gasteiger partial charge is 0.398 e. The number of nitrogens with zero attached hydrogens (tertiary/aromatic N) is 1. The number of anilines is 1. The number of likely N-dealkylation sites (N-methyl/N-ethyl adjacent to an activating group) is 1. The molecule has 110 valence electrons. The summed E-state index contributed by atoms with van der Waals surface area (Å²) in [6, 6.07) is 4.97. The number of nitrogens with one attached hydrogen (secondary N) is 1. The summed E-state index contributed by atoms with van der Waals surface area (Å²) in [5, 5.41) is 3.50. The van der Waals surface area contributed by atoms with Crippen molar-refractivity contribution < 1.29 is 4.79 Å². The number of carbonyl (C=O) groups excluding carboxylic acids is 1. The lowest BCUT2D eigenvalue weighted by Crippen LogP contribution is -2.50. The van der Waals surface area contributed by atoms with Gasteiger partial charge in [0.15, 0.2) is 0 Å². The molecule has 0 unspecified atom stereocenters.